The van der Waals surface area contributed by atoms with E-state index in [-0.39, 0.29) is 89.9 Å². The largest absolute Gasteiger partial charge is 0.465 e. The van der Waals surface area contributed by atoms with Gasteiger partial charge in [0.05, 0.1) is 54.0 Å². The molecular formula is C86H94Br2ClN13O11. The zero-order valence-electron chi connectivity index (χ0n) is 64.3. The highest BCUT2D eigenvalue weighted by atomic mass is 79.9. The van der Waals surface area contributed by atoms with Crippen LogP contribution in [0.25, 0.3) is 32.7 Å². The minimum Gasteiger partial charge on any atom is -0.465 e. The van der Waals surface area contributed by atoms with Crippen molar-refractivity contribution in [3.05, 3.63) is 199 Å². The van der Waals surface area contributed by atoms with Crippen molar-refractivity contribution in [3.63, 3.8) is 0 Å². The fraction of sp³-hybridized carbons (Fsp3) is 0.407. The Balaban J connectivity index is 0.000000148. The van der Waals surface area contributed by atoms with Crippen LogP contribution in [0.15, 0.2) is 138 Å². The molecule has 6 fully saturated rings. The number of carbonyl (C=O) groups excluding carboxylic acids is 9. The summed E-state index contributed by atoms with van der Waals surface area (Å²) in [6, 6.07) is 26.9. The van der Waals surface area contributed by atoms with Gasteiger partial charge >= 0.3 is 5.97 Å². The van der Waals surface area contributed by atoms with Gasteiger partial charge in [0.25, 0.3) is 11.8 Å². The van der Waals surface area contributed by atoms with E-state index < -0.39 is 0 Å². The quantitative estimate of drug-likeness (QED) is 0.0461. The first-order chi connectivity index (χ1) is 54.4. The summed E-state index contributed by atoms with van der Waals surface area (Å²) in [5.74, 6) is 1.46. The van der Waals surface area contributed by atoms with E-state index in [0.29, 0.717) is 119 Å². The number of anilines is 1. The van der Waals surface area contributed by atoms with Gasteiger partial charge < -0.3 is 57.9 Å². The smallest absolute Gasteiger partial charge is 0.337 e. The van der Waals surface area contributed by atoms with Crippen molar-refractivity contribution < 1.29 is 52.6 Å². The first kappa shape index (κ1) is 81.0. The highest BCUT2D eigenvalue weighted by molar-refractivity contribution is 9.10. The number of ether oxygens (including phenoxy) is 2. The fourth-order valence-electron chi connectivity index (χ4n) is 16.6. The van der Waals surface area contributed by atoms with Gasteiger partial charge in [-0.3, -0.25) is 43.3 Å². The molecule has 4 aromatic heterocycles. The van der Waals surface area contributed by atoms with Gasteiger partial charge in [0, 0.05) is 207 Å². The standard InChI is InChI=1S/C29H31BrN6O2.C29H36ClN3O4.C28H27BrN4O5/c1-3-29(38)35-16-22(17-35)12-24(37)18-36-20(2)26(25-13-23(30)5-6-27(25)36)19-33-8-10-34(11-9-33)28-7-4-21(14-31)15-32-28;1-4-25(35)32-14-20(15-32)12-23(34)16-33-27-18(2)11-22(30)13-24(27)26(28(33)21-5-6-21)29(36)31-9-7-19(8-10-31)17-37-3;1-3-26(35)33-13-21(14-33)30-25(34)16-32-15-23(22-11-20(29)6-7-24(22)32)27(36)31-9-8-17-10-18(28(37)38-2)4-5-19(17)12-31/h3-7,13,15,22H,1,8-12,16-19H2,2H3;4,11,13,19-21H,1,5-10,12,14-17H2,2-3H3;3-7,10-11,15,21H,1,8-9,12-14,16H2,2H3,(H,30,34). The molecular weight excluding hydrogens is 1590 g/mol. The van der Waals surface area contributed by atoms with E-state index in [9.17, 15) is 43.2 Å². The number of ketones is 2. The van der Waals surface area contributed by atoms with E-state index in [0.717, 1.165) is 141 Å². The molecule has 113 heavy (non-hydrogen) atoms. The molecule has 0 unspecified atom stereocenters. The third-order valence-electron chi connectivity index (χ3n) is 22.8. The molecule has 7 aliphatic rings. The van der Waals surface area contributed by atoms with E-state index in [4.69, 9.17) is 26.3 Å². The SMILES string of the molecule is C=CC(=O)N1CC(CC(=O)Cn2c(C)c(CN3CCN(c4ccc(C#N)cn4)CC3)c3cc(Br)ccc32)C1.C=CC(=O)N1CC(CC(=O)Cn2c(C3CC3)c(C(=O)N3CCC(COC)CC3)c3cc(Cl)cc(C)c32)C1.C=CC(=O)N1CC(NC(=O)Cn2cc(C(=O)N3CCc4cc(C(=O)OC)ccc4C3)c3cc(Br)ccc32)C1. The number of halogens is 3. The summed E-state index contributed by atoms with van der Waals surface area (Å²) in [7, 11) is 3.08. The molecule has 10 heterocycles. The number of aryl methyl sites for hydroxylation is 1. The van der Waals surface area contributed by atoms with Crippen molar-refractivity contribution >= 4 is 135 Å². The number of aromatic nitrogens is 4. The van der Waals surface area contributed by atoms with Crippen LogP contribution in [0.2, 0.25) is 5.02 Å². The Hall–Kier alpha value is -10.0. The van der Waals surface area contributed by atoms with Crippen LogP contribution in [0.3, 0.4) is 0 Å². The number of nitriles is 1. The Bertz CT molecular complexity index is 5120. The number of Topliss-reactive ketones (excluding diaryl/α,β-unsaturated/α-hetero) is 2. The van der Waals surface area contributed by atoms with Crippen LogP contribution in [0, 0.1) is 42.9 Å². The molecule has 5 saturated heterocycles. The van der Waals surface area contributed by atoms with Gasteiger partial charge in [-0.1, -0.05) is 69.3 Å². The van der Waals surface area contributed by atoms with E-state index in [2.05, 4.69) is 106 Å². The molecule has 0 bridgehead atoms. The minimum atomic E-state index is -0.381. The van der Waals surface area contributed by atoms with E-state index in [1.165, 1.54) is 36.3 Å². The topological polar surface area (TPSA) is 258 Å². The van der Waals surface area contributed by atoms with Gasteiger partial charge in [-0.2, -0.15) is 5.26 Å². The third-order valence-corrected chi connectivity index (χ3v) is 24.0. The molecule has 15 rings (SSSR count). The number of likely N-dealkylation sites (tertiary alicyclic amines) is 4. The third kappa shape index (κ3) is 18.3. The lowest BCUT2D eigenvalue weighted by atomic mass is 9.94. The summed E-state index contributed by atoms with van der Waals surface area (Å²) >= 11 is 13.6. The van der Waals surface area contributed by atoms with E-state index in [1.54, 1.807) is 49.7 Å². The number of esters is 1. The first-order valence-electron chi connectivity index (χ1n) is 38.5. The molecule has 1 N–H and O–H groups in total. The normalized spacial score (nSPS) is 16.7. The number of methoxy groups -OCH3 is 2. The van der Waals surface area contributed by atoms with Crippen LogP contribution in [-0.2, 0) is 77.4 Å². The molecule has 1 saturated carbocycles. The number of piperazine rings is 1. The number of hydrogen-bond acceptors (Lipinski definition) is 15. The van der Waals surface area contributed by atoms with E-state index in [1.807, 2.05) is 72.5 Å². The van der Waals surface area contributed by atoms with Crippen molar-refractivity contribution in [2.75, 3.05) is 111 Å². The van der Waals surface area contributed by atoms with Crippen molar-refractivity contribution in [3.8, 4) is 6.07 Å². The van der Waals surface area contributed by atoms with Crippen LogP contribution < -0.4 is 10.2 Å². The maximum atomic E-state index is 14.0. The predicted molar refractivity (Wildman–Crippen MR) is 439 cm³/mol. The molecule has 590 valence electrons. The number of nitrogens with zero attached hydrogens (tertiary/aromatic N) is 12. The molecule has 24 nitrogen and oxygen atoms in total. The van der Waals surface area contributed by atoms with E-state index >= 15 is 0 Å². The maximum absolute atomic E-state index is 14.0. The van der Waals surface area contributed by atoms with Crippen molar-refractivity contribution in [2.24, 2.45) is 17.8 Å². The summed E-state index contributed by atoms with van der Waals surface area (Å²) < 4.78 is 18.1. The van der Waals surface area contributed by atoms with Gasteiger partial charge in [0.15, 0.2) is 11.6 Å². The number of benzene rings is 4. The monoisotopic (exact) mass is 1680 g/mol. The average molecular weight is 1680 g/mol. The number of amides is 6. The molecule has 0 spiro atoms. The van der Waals surface area contributed by atoms with Crippen LogP contribution >= 0.6 is 43.5 Å². The Morgan fingerprint density at radius 1 is 0.637 bits per heavy atom. The highest BCUT2D eigenvalue weighted by Crippen LogP contribution is 2.47. The van der Waals surface area contributed by atoms with Crippen molar-refractivity contribution in [1.82, 2.24) is 53.4 Å². The fourth-order valence-corrected chi connectivity index (χ4v) is 17.6. The van der Waals surface area contributed by atoms with Gasteiger partial charge in [0.1, 0.15) is 18.4 Å². The van der Waals surface area contributed by atoms with Crippen LogP contribution in [0.1, 0.15) is 115 Å². The van der Waals surface area contributed by atoms with Crippen molar-refractivity contribution in [1.29, 1.82) is 5.26 Å². The summed E-state index contributed by atoms with van der Waals surface area (Å²) in [5.41, 5.74) is 11.5. The zero-order chi connectivity index (χ0) is 80.1. The predicted octanol–water partition coefficient (Wildman–Crippen LogP) is 11.4. The van der Waals surface area contributed by atoms with Crippen molar-refractivity contribution in [2.45, 2.75) is 103 Å². The number of hydrogen-bond donors (Lipinski definition) is 1. The van der Waals surface area contributed by atoms with Gasteiger partial charge in [-0.05, 0) is 165 Å². The number of carbonyl (C=O) groups is 9. The average Bonchev–Trinajstić information content (AvgIpc) is 1.57. The summed E-state index contributed by atoms with van der Waals surface area (Å²) in [6.07, 6.45) is 12.7. The molecule has 1 aliphatic carbocycles. The molecule has 6 aliphatic heterocycles. The summed E-state index contributed by atoms with van der Waals surface area (Å²) in [6.45, 7) is 26.1. The van der Waals surface area contributed by atoms with Gasteiger partial charge in [0.2, 0.25) is 23.6 Å². The Labute approximate surface area is 679 Å². The highest BCUT2D eigenvalue weighted by Gasteiger charge is 2.40. The summed E-state index contributed by atoms with van der Waals surface area (Å²) in [4.78, 5) is 132. The van der Waals surface area contributed by atoms with Crippen LogP contribution in [-0.4, -0.2) is 213 Å². The summed E-state index contributed by atoms with van der Waals surface area (Å²) in [5, 5.41) is 15.4. The zero-order valence-corrected chi connectivity index (χ0v) is 68.2. The molecule has 0 radical (unpaired) electrons. The lowest BCUT2D eigenvalue weighted by Crippen LogP contribution is -2.61. The first-order valence-corrected chi connectivity index (χ1v) is 40.5. The number of piperidine rings is 1. The van der Waals surface area contributed by atoms with Crippen LogP contribution in [0.5, 0.6) is 0 Å². The number of pyridine rings is 1. The molecule has 8 aromatic rings. The van der Waals surface area contributed by atoms with Gasteiger partial charge in [-0.15, -0.1) is 0 Å². The van der Waals surface area contributed by atoms with Crippen LogP contribution in [0.4, 0.5) is 5.82 Å². The second-order valence-corrected chi connectivity index (χ2v) is 32.9. The number of rotatable bonds is 23. The second kappa shape index (κ2) is 35.6. The molecule has 27 heteroatoms. The Morgan fingerprint density at radius 2 is 1.26 bits per heavy atom. The Kier molecular flexibility index (Phi) is 25.5. The second-order valence-electron chi connectivity index (χ2n) is 30.6. The maximum Gasteiger partial charge on any atom is 0.337 e. The van der Waals surface area contributed by atoms with Gasteiger partial charge in [-0.25, -0.2) is 9.78 Å². The lowest BCUT2D eigenvalue weighted by molar-refractivity contribution is -0.134. The molecule has 6 amide bonds. The lowest BCUT2D eigenvalue weighted by Gasteiger charge is -2.38. The Morgan fingerprint density at radius 3 is 1.85 bits per heavy atom. The minimum absolute atomic E-state index is 0.0493. The molecule has 4 aromatic carbocycles. The molecule has 0 atom stereocenters. The number of fused-ring (bicyclic) bond motifs is 4. The number of nitrogens with one attached hydrogen (secondary N) is 1.